The molecule has 0 radical (unpaired) electrons. The molecule has 2 heterocycles. The molecule has 7 heteroatoms. The highest BCUT2D eigenvalue weighted by Crippen LogP contribution is 2.26. The Kier molecular flexibility index (Phi) is 5.41. The number of aliphatic hydroxyl groups excluding tert-OH is 1. The van der Waals surface area contributed by atoms with Gasteiger partial charge in [-0.15, -0.1) is 0 Å². The van der Waals surface area contributed by atoms with Crippen LogP contribution in [0.15, 0.2) is 36.5 Å². The van der Waals surface area contributed by atoms with E-state index in [-0.39, 0.29) is 24.8 Å². The summed E-state index contributed by atoms with van der Waals surface area (Å²) >= 11 is 0. The summed E-state index contributed by atoms with van der Waals surface area (Å²) in [4.78, 5) is 29.7. The summed E-state index contributed by atoms with van der Waals surface area (Å²) in [5.74, 6) is 0.577. The molecule has 142 valence electrons. The molecule has 1 aliphatic heterocycles. The number of anilines is 1. The maximum Gasteiger partial charge on any atom is 0.247 e. The van der Waals surface area contributed by atoms with Crippen LogP contribution in [0.2, 0.25) is 0 Å². The fourth-order valence-electron chi connectivity index (χ4n) is 3.10. The Labute approximate surface area is 158 Å². The summed E-state index contributed by atoms with van der Waals surface area (Å²) in [6.45, 7) is 5.56. The van der Waals surface area contributed by atoms with Crippen molar-refractivity contribution >= 4 is 17.5 Å². The molecule has 0 spiro atoms. The molecule has 2 aromatic rings. The van der Waals surface area contributed by atoms with Crippen molar-refractivity contribution < 1.29 is 19.4 Å². The van der Waals surface area contributed by atoms with Gasteiger partial charge in [0.1, 0.15) is 11.8 Å². The number of pyridine rings is 1. The van der Waals surface area contributed by atoms with Gasteiger partial charge < -0.3 is 20.1 Å². The van der Waals surface area contributed by atoms with Gasteiger partial charge in [-0.1, -0.05) is 12.1 Å². The van der Waals surface area contributed by atoms with Gasteiger partial charge in [0.2, 0.25) is 17.7 Å². The number of aryl methyl sites for hydroxylation is 1. The molecule has 0 bridgehead atoms. The van der Waals surface area contributed by atoms with E-state index in [1.165, 1.54) is 18.0 Å². The van der Waals surface area contributed by atoms with Gasteiger partial charge in [-0.2, -0.15) is 0 Å². The number of β-amino-alcohol motifs (C(OH)–C–C–N with tert-alkyl or cyclic N) is 1. The Bertz CT molecular complexity index is 851. The van der Waals surface area contributed by atoms with Crippen molar-refractivity contribution in [1.29, 1.82) is 0 Å². The average molecular weight is 369 g/mol. The van der Waals surface area contributed by atoms with E-state index in [9.17, 15) is 14.7 Å². The summed E-state index contributed by atoms with van der Waals surface area (Å²) in [5.41, 5.74) is 2.67. The molecule has 2 amide bonds. The number of ether oxygens (including phenoxy) is 1. The van der Waals surface area contributed by atoms with Crippen LogP contribution in [0.1, 0.15) is 24.5 Å². The number of nitrogens with zero attached hydrogens (tertiary/aromatic N) is 2. The molecular weight excluding hydrogens is 346 g/mol. The summed E-state index contributed by atoms with van der Waals surface area (Å²) < 4.78 is 5.80. The van der Waals surface area contributed by atoms with Crippen molar-refractivity contribution in [3.63, 3.8) is 0 Å². The molecule has 0 unspecified atom stereocenters. The molecule has 1 fully saturated rings. The number of carbonyl (C=O) groups excluding carboxylic acids is 2. The summed E-state index contributed by atoms with van der Waals surface area (Å²) in [6.07, 6.45) is 1.05. The fraction of sp³-hybridized carbons (Fsp3) is 0.350. The van der Waals surface area contributed by atoms with Crippen LogP contribution in [0.3, 0.4) is 0 Å². The third-order valence-electron chi connectivity index (χ3n) is 4.76. The van der Waals surface area contributed by atoms with Gasteiger partial charge in [0.25, 0.3) is 0 Å². The number of rotatable bonds is 4. The van der Waals surface area contributed by atoms with Crippen molar-refractivity contribution in [3.8, 4) is 11.6 Å². The molecule has 1 aromatic heterocycles. The molecule has 7 nitrogen and oxygen atoms in total. The molecule has 1 saturated heterocycles. The molecule has 3 rings (SSSR count). The van der Waals surface area contributed by atoms with Gasteiger partial charge in [-0.3, -0.25) is 9.59 Å². The molecule has 2 atom stereocenters. The number of aromatic nitrogens is 1. The molecule has 1 aliphatic rings. The highest BCUT2D eigenvalue weighted by molar-refractivity contribution is 5.97. The van der Waals surface area contributed by atoms with E-state index < -0.39 is 12.1 Å². The van der Waals surface area contributed by atoms with E-state index >= 15 is 0 Å². The third-order valence-corrected chi connectivity index (χ3v) is 4.76. The average Bonchev–Trinajstić information content (AvgIpc) is 3.03. The lowest BCUT2D eigenvalue weighted by atomic mass is 10.1. The van der Waals surface area contributed by atoms with Crippen LogP contribution in [0.4, 0.5) is 5.69 Å². The lowest BCUT2D eigenvalue weighted by Crippen LogP contribution is -2.42. The maximum atomic E-state index is 12.5. The van der Waals surface area contributed by atoms with E-state index in [1.807, 2.05) is 32.0 Å². The number of amides is 2. The summed E-state index contributed by atoms with van der Waals surface area (Å²) in [6, 6.07) is 8.49. The normalized spacial score (nSPS) is 19.0. The van der Waals surface area contributed by atoms with Crippen molar-refractivity contribution in [2.24, 2.45) is 0 Å². The quantitative estimate of drug-likeness (QED) is 0.863. The highest BCUT2D eigenvalue weighted by atomic mass is 16.5. The van der Waals surface area contributed by atoms with Crippen LogP contribution in [-0.4, -0.2) is 45.5 Å². The first kappa shape index (κ1) is 18.8. The minimum atomic E-state index is -0.684. The highest BCUT2D eigenvalue weighted by Gasteiger charge is 2.37. The second-order valence-electron chi connectivity index (χ2n) is 6.75. The van der Waals surface area contributed by atoms with Gasteiger partial charge in [-0.25, -0.2) is 4.98 Å². The van der Waals surface area contributed by atoms with Gasteiger partial charge in [0.05, 0.1) is 18.0 Å². The predicted molar refractivity (Wildman–Crippen MR) is 101 cm³/mol. The maximum absolute atomic E-state index is 12.5. The van der Waals surface area contributed by atoms with E-state index in [2.05, 4.69) is 10.3 Å². The topological polar surface area (TPSA) is 91.8 Å². The Hall–Kier alpha value is -2.93. The first-order chi connectivity index (χ1) is 12.8. The van der Waals surface area contributed by atoms with E-state index in [0.717, 1.165) is 16.9 Å². The Morgan fingerprint density at radius 2 is 2.04 bits per heavy atom. The molecule has 27 heavy (non-hydrogen) atoms. The Balaban J connectivity index is 1.66. The molecule has 1 aromatic carbocycles. The fourth-order valence-corrected chi connectivity index (χ4v) is 3.10. The van der Waals surface area contributed by atoms with Crippen molar-refractivity contribution in [3.05, 3.63) is 47.7 Å². The Morgan fingerprint density at radius 1 is 1.26 bits per heavy atom. The van der Waals surface area contributed by atoms with Gasteiger partial charge in [0.15, 0.2) is 0 Å². The van der Waals surface area contributed by atoms with Crippen molar-refractivity contribution in [1.82, 2.24) is 9.88 Å². The van der Waals surface area contributed by atoms with Crippen molar-refractivity contribution in [2.45, 2.75) is 39.3 Å². The van der Waals surface area contributed by atoms with E-state index in [4.69, 9.17) is 4.74 Å². The zero-order chi connectivity index (χ0) is 19.6. The molecule has 0 aliphatic carbocycles. The predicted octanol–water partition coefficient (Wildman–Crippen LogP) is 2.41. The number of nitrogens with one attached hydrogen (secondary N) is 1. The molecule has 2 N–H and O–H groups in total. The monoisotopic (exact) mass is 369 g/mol. The Morgan fingerprint density at radius 3 is 2.70 bits per heavy atom. The van der Waals surface area contributed by atoms with Crippen LogP contribution >= 0.6 is 0 Å². The van der Waals surface area contributed by atoms with Crippen LogP contribution in [0.25, 0.3) is 0 Å². The summed E-state index contributed by atoms with van der Waals surface area (Å²) in [7, 11) is 0. The number of aliphatic hydroxyl groups is 1. The second kappa shape index (κ2) is 7.75. The van der Waals surface area contributed by atoms with Crippen LogP contribution in [0.5, 0.6) is 11.6 Å². The lowest BCUT2D eigenvalue weighted by molar-refractivity contribution is -0.134. The minimum Gasteiger partial charge on any atom is -0.439 e. The first-order valence-electron chi connectivity index (χ1n) is 8.81. The standard InChI is InChI=1S/C20H23N3O4/c1-12-5-4-6-18(13(12)2)27-19-8-7-15(10-21-19)22-20(26)17-9-16(25)11-23(17)14(3)24/h4-8,10,16-17,25H,9,11H2,1-3H3,(H,22,26)/t16-,17+/m0/s1. The third kappa shape index (κ3) is 4.25. The van der Waals surface area contributed by atoms with Gasteiger partial charge in [0, 0.05) is 26.0 Å². The van der Waals surface area contributed by atoms with Crippen LogP contribution in [0, 0.1) is 13.8 Å². The SMILES string of the molecule is CC(=O)N1C[C@@H](O)C[C@@H]1C(=O)Nc1ccc(Oc2cccc(C)c2C)nc1. The lowest BCUT2D eigenvalue weighted by Gasteiger charge is -2.21. The second-order valence-corrected chi connectivity index (χ2v) is 6.75. The molecular formula is C20H23N3O4. The number of hydrogen-bond acceptors (Lipinski definition) is 5. The number of benzene rings is 1. The zero-order valence-corrected chi connectivity index (χ0v) is 15.6. The smallest absolute Gasteiger partial charge is 0.247 e. The van der Waals surface area contributed by atoms with Crippen molar-refractivity contribution in [2.75, 3.05) is 11.9 Å². The van der Waals surface area contributed by atoms with E-state index in [0.29, 0.717) is 11.6 Å². The van der Waals surface area contributed by atoms with Crippen LogP contribution < -0.4 is 10.1 Å². The zero-order valence-electron chi connectivity index (χ0n) is 15.6. The van der Waals surface area contributed by atoms with E-state index in [1.54, 1.807) is 12.1 Å². The number of carbonyl (C=O) groups is 2. The largest absolute Gasteiger partial charge is 0.439 e. The summed E-state index contributed by atoms with van der Waals surface area (Å²) in [5, 5.41) is 12.5. The molecule has 0 saturated carbocycles. The van der Waals surface area contributed by atoms with Crippen LogP contribution in [-0.2, 0) is 9.59 Å². The van der Waals surface area contributed by atoms with Gasteiger partial charge in [-0.05, 0) is 37.1 Å². The number of likely N-dealkylation sites (tertiary alicyclic amines) is 1. The van der Waals surface area contributed by atoms with Gasteiger partial charge >= 0.3 is 0 Å². The first-order valence-corrected chi connectivity index (χ1v) is 8.81. The minimum absolute atomic E-state index is 0.175. The number of hydrogen-bond donors (Lipinski definition) is 2.